The van der Waals surface area contributed by atoms with E-state index in [-0.39, 0.29) is 0 Å². The predicted octanol–water partition coefficient (Wildman–Crippen LogP) is 2.33. The molecule has 0 bridgehead atoms. The zero-order valence-corrected chi connectivity index (χ0v) is 5.76. The molecule has 0 aliphatic heterocycles. The van der Waals surface area contributed by atoms with Crippen LogP contribution in [0.1, 0.15) is 11.4 Å². The maximum atomic E-state index is 12.4. The van der Waals surface area contributed by atoms with Gasteiger partial charge in [-0.3, -0.25) is 4.98 Å². The van der Waals surface area contributed by atoms with Crippen LogP contribution < -0.4 is 0 Å². The first-order valence-corrected chi connectivity index (χ1v) is 2.98. The molecule has 2 heteroatoms. The van der Waals surface area contributed by atoms with Gasteiger partial charge in [-0.1, -0.05) is 12.6 Å². The van der Waals surface area contributed by atoms with Crippen molar-refractivity contribution in [1.29, 1.82) is 0 Å². The molecule has 0 fully saturated rings. The molecule has 0 saturated heterocycles. The Kier molecular flexibility index (Phi) is 1.81. The zero-order valence-electron chi connectivity index (χ0n) is 5.76. The fourth-order valence-electron chi connectivity index (χ4n) is 0.694. The van der Waals surface area contributed by atoms with Gasteiger partial charge in [-0.25, -0.2) is 4.39 Å². The first-order valence-electron chi connectivity index (χ1n) is 2.98. The lowest BCUT2D eigenvalue weighted by Crippen LogP contribution is -1.85. The molecule has 1 aromatic rings. The summed E-state index contributed by atoms with van der Waals surface area (Å²) >= 11 is 0. The van der Waals surface area contributed by atoms with E-state index in [2.05, 4.69) is 11.6 Å². The third kappa shape index (κ3) is 1.41. The van der Waals surface area contributed by atoms with Crippen molar-refractivity contribution in [3.63, 3.8) is 0 Å². The lowest BCUT2D eigenvalue weighted by Gasteiger charge is -1.94. The van der Waals surface area contributed by atoms with Crippen molar-refractivity contribution < 1.29 is 4.39 Å². The molecule has 1 nitrogen and oxygen atoms in total. The van der Waals surface area contributed by atoms with Crippen molar-refractivity contribution in [2.24, 2.45) is 0 Å². The van der Waals surface area contributed by atoms with E-state index in [1.807, 2.05) is 13.0 Å². The summed E-state index contributed by atoms with van der Waals surface area (Å²) in [5.74, 6) is -0.483. The van der Waals surface area contributed by atoms with E-state index in [0.29, 0.717) is 5.69 Å². The molecule has 0 aliphatic rings. The molecule has 52 valence electrons. The fraction of sp³-hybridized carbons (Fsp3) is 0.125. The van der Waals surface area contributed by atoms with E-state index >= 15 is 0 Å². The zero-order chi connectivity index (χ0) is 7.56. The smallest absolute Gasteiger partial charge is 0.141 e. The van der Waals surface area contributed by atoms with Crippen LogP contribution >= 0.6 is 0 Å². The summed E-state index contributed by atoms with van der Waals surface area (Å²) in [5, 5.41) is 0. The summed E-state index contributed by atoms with van der Waals surface area (Å²) in [5.41, 5.74) is 1.12. The van der Waals surface area contributed by atoms with Gasteiger partial charge in [-0.2, -0.15) is 0 Å². The molecule has 0 aliphatic carbocycles. The molecule has 0 amide bonds. The molecule has 0 atom stereocenters. The van der Waals surface area contributed by atoms with Crippen molar-refractivity contribution in [1.82, 2.24) is 4.98 Å². The number of pyridine rings is 1. The van der Waals surface area contributed by atoms with Gasteiger partial charge in [-0.15, -0.1) is 0 Å². The Bertz CT molecular complexity index is 255. The third-order valence-corrected chi connectivity index (χ3v) is 1.17. The predicted molar refractivity (Wildman–Crippen MR) is 39.1 cm³/mol. The number of aryl methyl sites for hydroxylation is 1. The quantitative estimate of drug-likeness (QED) is 0.578. The van der Waals surface area contributed by atoms with Crippen LogP contribution in [0.25, 0.3) is 5.83 Å². The second-order valence-electron chi connectivity index (χ2n) is 2.07. The van der Waals surface area contributed by atoms with Crippen molar-refractivity contribution in [3.05, 3.63) is 36.2 Å². The molecule has 0 saturated carbocycles. The SMILES string of the molecule is C=C(F)c1cccc(C)n1. The van der Waals surface area contributed by atoms with E-state index in [9.17, 15) is 4.39 Å². The maximum absolute atomic E-state index is 12.4. The van der Waals surface area contributed by atoms with Crippen LogP contribution in [-0.2, 0) is 0 Å². The first kappa shape index (κ1) is 6.93. The van der Waals surface area contributed by atoms with Gasteiger partial charge < -0.3 is 0 Å². The van der Waals surface area contributed by atoms with Gasteiger partial charge in [0.2, 0.25) is 0 Å². The molecule has 0 spiro atoms. The molecule has 0 unspecified atom stereocenters. The minimum atomic E-state index is -0.483. The minimum absolute atomic E-state index is 0.319. The van der Waals surface area contributed by atoms with Crippen LogP contribution in [0.3, 0.4) is 0 Å². The molecular weight excluding hydrogens is 129 g/mol. The first-order chi connectivity index (χ1) is 4.70. The maximum Gasteiger partial charge on any atom is 0.141 e. The van der Waals surface area contributed by atoms with Gasteiger partial charge in [0.25, 0.3) is 0 Å². The summed E-state index contributed by atoms with van der Waals surface area (Å²) in [6.45, 7) is 4.95. The number of nitrogens with zero attached hydrogens (tertiary/aromatic N) is 1. The van der Waals surface area contributed by atoms with Crippen molar-refractivity contribution in [3.8, 4) is 0 Å². The van der Waals surface area contributed by atoms with Crippen LogP contribution in [0, 0.1) is 6.92 Å². The van der Waals surface area contributed by atoms with E-state index in [0.717, 1.165) is 5.69 Å². The molecule has 0 aromatic carbocycles. The largest absolute Gasteiger partial charge is 0.251 e. The highest BCUT2D eigenvalue weighted by Crippen LogP contribution is 2.09. The monoisotopic (exact) mass is 137 g/mol. The van der Waals surface area contributed by atoms with Gasteiger partial charge in [-0.05, 0) is 19.1 Å². The Morgan fingerprint density at radius 1 is 1.60 bits per heavy atom. The van der Waals surface area contributed by atoms with Gasteiger partial charge >= 0.3 is 0 Å². The van der Waals surface area contributed by atoms with E-state index in [1.54, 1.807) is 12.1 Å². The topological polar surface area (TPSA) is 12.9 Å². The van der Waals surface area contributed by atoms with Crippen LogP contribution in [-0.4, -0.2) is 4.98 Å². The number of halogens is 1. The second kappa shape index (κ2) is 2.60. The molecule has 1 heterocycles. The average molecular weight is 137 g/mol. The van der Waals surface area contributed by atoms with Gasteiger partial charge in [0.1, 0.15) is 5.83 Å². The van der Waals surface area contributed by atoms with Gasteiger partial charge in [0.15, 0.2) is 0 Å². The van der Waals surface area contributed by atoms with Crippen molar-refractivity contribution >= 4 is 5.83 Å². The van der Waals surface area contributed by atoms with E-state index in [1.165, 1.54) is 0 Å². The third-order valence-electron chi connectivity index (χ3n) is 1.17. The van der Waals surface area contributed by atoms with Crippen molar-refractivity contribution in [2.75, 3.05) is 0 Å². The highest BCUT2D eigenvalue weighted by Gasteiger charge is 1.96. The standard InChI is InChI=1S/C8H8FN/c1-6-4-3-5-8(10-6)7(2)9/h3-5H,2H2,1H3. The van der Waals surface area contributed by atoms with Crippen LogP contribution in [0.5, 0.6) is 0 Å². The summed E-state index contributed by atoms with van der Waals surface area (Å²) in [7, 11) is 0. The van der Waals surface area contributed by atoms with Gasteiger partial charge in [0.05, 0.1) is 5.69 Å². The highest BCUT2D eigenvalue weighted by atomic mass is 19.1. The highest BCUT2D eigenvalue weighted by molar-refractivity contribution is 5.52. The van der Waals surface area contributed by atoms with E-state index < -0.39 is 5.83 Å². The normalized spacial score (nSPS) is 9.40. The lowest BCUT2D eigenvalue weighted by molar-refractivity contribution is 0.754. The molecule has 10 heavy (non-hydrogen) atoms. The van der Waals surface area contributed by atoms with Crippen LogP contribution in [0.4, 0.5) is 4.39 Å². The Labute approximate surface area is 59.2 Å². The van der Waals surface area contributed by atoms with Crippen molar-refractivity contribution in [2.45, 2.75) is 6.92 Å². The second-order valence-corrected chi connectivity index (χ2v) is 2.07. The number of aromatic nitrogens is 1. The van der Waals surface area contributed by atoms with Gasteiger partial charge in [0, 0.05) is 5.69 Å². The summed E-state index contributed by atoms with van der Waals surface area (Å²) in [6.07, 6.45) is 0. The fourth-order valence-corrected chi connectivity index (χ4v) is 0.694. The number of hydrogen-bond acceptors (Lipinski definition) is 1. The Morgan fingerprint density at radius 2 is 2.30 bits per heavy atom. The minimum Gasteiger partial charge on any atom is -0.251 e. The number of rotatable bonds is 1. The van der Waals surface area contributed by atoms with Crippen LogP contribution in [0.2, 0.25) is 0 Å². The summed E-state index contributed by atoms with van der Waals surface area (Å²) in [6, 6.07) is 5.16. The summed E-state index contributed by atoms with van der Waals surface area (Å²) < 4.78 is 12.4. The Morgan fingerprint density at radius 3 is 2.70 bits per heavy atom. The molecule has 1 rings (SSSR count). The van der Waals surface area contributed by atoms with Crippen LogP contribution in [0.15, 0.2) is 24.8 Å². The Balaban J connectivity index is 3.07. The average Bonchev–Trinajstić information content (AvgIpc) is 1.88. The summed E-state index contributed by atoms with van der Waals surface area (Å²) in [4.78, 5) is 3.90. The van der Waals surface area contributed by atoms with E-state index in [4.69, 9.17) is 0 Å². The molecular formula is C8H8FN. The molecule has 0 radical (unpaired) electrons. The molecule has 0 N–H and O–H groups in total. The molecule has 1 aromatic heterocycles. The number of hydrogen-bond donors (Lipinski definition) is 0. The lowest BCUT2D eigenvalue weighted by atomic mass is 10.3. The Hall–Kier alpha value is -1.18.